The number of nitrogens with two attached hydrogens (primary N) is 1. The van der Waals surface area contributed by atoms with Crippen LogP contribution >= 0.6 is 0 Å². The average molecular weight is 223 g/mol. The number of phenols is 2. The van der Waals surface area contributed by atoms with Gasteiger partial charge in [0.15, 0.2) is 11.5 Å². The number of ether oxygens (including phenoxy) is 1. The summed E-state index contributed by atoms with van der Waals surface area (Å²) in [5.74, 6) is 0.167. The van der Waals surface area contributed by atoms with Crippen molar-refractivity contribution in [2.24, 2.45) is 11.7 Å². The second-order valence-electron chi connectivity index (χ2n) is 4.22. The van der Waals surface area contributed by atoms with Gasteiger partial charge in [0.1, 0.15) is 0 Å². The van der Waals surface area contributed by atoms with E-state index >= 15 is 0 Å². The van der Waals surface area contributed by atoms with Crippen LogP contribution in [0.3, 0.4) is 0 Å². The van der Waals surface area contributed by atoms with Crippen LogP contribution in [0.5, 0.6) is 11.5 Å². The molecule has 1 aliphatic heterocycles. The Labute approximate surface area is 94.7 Å². The molecule has 2 rings (SSSR count). The topological polar surface area (TPSA) is 75.7 Å². The number of phenolic OH excluding ortho intramolecular Hbond substituents is 2. The maximum Gasteiger partial charge on any atom is 0.157 e. The molecule has 0 bridgehead atoms. The van der Waals surface area contributed by atoms with E-state index in [1.54, 1.807) is 6.07 Å². The lowest BCUT2D eigenvalue weighted by Crippen LogP contribution is -2.27. The molecule has 1 heterocycles. The van der Waals surface area contributed by atoms with Crippen molar-refractivity contribution in [2.45, 2.75) is 18.9 Å². The van der Waals surface area contributed by atoms with Gasteiger partial charge in [0.2, 0.25) is 0 Å². The smallest absolute Gasteiger partial charge is 0.157 e. The van der Waals surface area contributed by atoms with Crippen LogP contribution in [0.4, 0.5) is 0 Å². The van der Waals surface area contributed by atoms with Crippen molar-refractivity contribution in [3.8, 4) is 11.5 Å². The van der Waals surface area contributed by atoms with Gasteiger partial charge in [0, 0.05) is 19.3 Å². The maximum atomic E-state index is 9.42. The molecule has 1 aliphatic rings. The Morgan fingerprint density at radius 3 is 2.50 bits per heavy atom. The molecule has 4 nitrogen and oxygen atoms in total. The van der Waals surface area contributed by atoms with Gasteiger partial charge >= 0.3 is 0 Å². The van der Waals surface area contributed by atoms with Gasteiger partial charge in [-0.15, -0.1) is 0 Å². The zero-order valence-corrected chi connectivity index (χ0v) is 9.10. The molecule has 1 aromatic carbocycles. The van der Waals surface area contributed by atoms with E-state index in [0.29, 0.717) is 5.92 Å². The molecule has 4 heteroatoms. The quantitative estimate of drug-likeness (QED) is 0.664. The molecule has 0 spiro atoms. The summed E-state index contributed by atoms with van der Waals surface area (Å²) in [6, 6.07) is 4.67. The highest BCUT2D eigenvalue weighted by atomic mass is 16.5. The lowest BCUT2D eigenvalue weighted by molar-refractivity contribution is 0.0583. The minimum atomic E-state index is -0.111. The highest BCUT2D eigenvalue weighted by Gasteiger charge is 2.22. The van der Waals surface area contributed by atoms with Gasteiger partial charge in [0.25, 0.3) is 0 Å². The Balaban J connectivity index is 2.12. The van der Waals surface area contributed by atoms with Crippen molar-refractivity contribution >= 4 is 0 Å². The molecule has 0 unspecified atom stereocenters. The third-order valence-corrected chi connectivity index (χ3v) is 3.16. The van der Waals surface area contributed by atoms with Crippen LogP contribution in [0.15, 0.2) is 18.2 Å². The van der Waals surface area contributed by atoms with Gasteiger partial charge in [-0.25, -0.2) is 0 Å². The predicted molar refractivity (Wildman–Crippen MR) is 60.2 cm³/mol. The predicted octanol–water partition coefficient (Wildman–Crippen LogP) is 1.52. The molecule has 0 radical (unpaired) electrons. The third-order valence-electron chi connectivity index (χ3n) is 3.16. The van der Waals surface area contributed by atoms with Crippen LogP contribution in [-0.4, -0.2) is 23.4 Å². The fourth-order valence-electron chi connectivity index (χ4n) is 2.09. The van der Waals surface area contributed by atoms with Gasteiger partial charge < -0.3 is 20.7 Å². The molecule has 1 atom stereocenters. The van der Waals surface area contributed by atoms with E-state index < -0.39 is 0 Å². The minimum absolute atomic E-state index is 0.101. The fourth-order valence-corrected chi connectivity index (χ4v) is 2.09. The van der Waals surface area contributed by atoms with Crippen molar-refractivity contribution < 1.29 is 14.9 Å². The number of benzene rings is 1. The molecular weight excluding hydrogens is 206 g/mol. The minimum Gasteiger partial charge on any atom is -0.504 e. The lowest BCUT2D eigenvalue weighted by atomic mass is 9.88. The molecule has 1 saturated heterocycles. The molecule has 88 valence electrons. The van der Waals surface area contributed by atoms with E-state index in [1.807, 2.05) is 0 Å². The van der Waals surface area contributed by atoms with Crippen LogP contribution in [0.1, 0.15) is 24.4 Å². The van der Waals surface area contributed by atoms with Gasteiger partial charge in [0.05, 0.1) is 0 Å². The molecular formula is C12H17NO3. The lowest BCUT2D eigenvalue weighted by Gasteiger charge is -2.27. The average Bonchev–Trinajstić information content (AvgIpc) is 2.33. The maximum absolute atomic E-state index is 9.42. The van der Waals surface area contributed by atoms with Crippen LogP contribution in [0, 0.1) is 5.92 Å². The molecule has 16 heavy (non-hydrogen) atoms. The Bertz CT molecular complexity index is 361. The van der Waals surface area contributed by atoms with Crippen LogP contribution < -0.4 is 5.73 Å². The van der Waals surface area contributed by atoms with E-state index in [4.69, 9.17) is 10.5 Å². The zero-order valence-electron chi connectivity index (χ0n) is 9.10. The summed E-state index contributed by atoms with van der Waals surface area (Å²) in [4.78, 5) is 0. The molecule has 1 aromatic rings. The van der Waals surface area contributed by atoms with Gasteiger partial charge in [-0.2, -0.15) is 0 Å². The van der Waals surface area contributed by atoms with Crippen LogP contribution in [0.25, 0.3) is 0 Å². The van der Waals surface area contributed by atoms with Crippen molar-refractivity contribution in [3.05, 3.63) is 23.8 Å². The number of hydrogen-bond acceptors (Lipinski definition) is 4. The Morgan fingerprint density at radius 2 is 1.88 bits per heavy atom. The first kappa shape index (κ1) is 11.2. The van der Waals surface area contributed by atoms with Crippen LogP contribution in [-0.2, 0) is 4.74 Å². The van der Waals surface area contributed by atoms with E-state index in [1.165, 1.54) is 12.1 Å². The SMILES string of the molecule is N[C@@H](c1ccc(O)c(O)c1)C1CCOCC1. The van der Waals surface area contributed by atoms with E-state index in [2.05, 4.69) is 0 Å². The molecule has 1 fully saturated rings. The first-order valence-corrected chi connectivity index (χ1v) is 5.53. The normalized spacial score (nSPS) is 19.6. The summed E-state index contributed by atoms with van der Waals surface area (Å²) in [5.41, 5.74) is 7.00. The first-order chi connectivity index (χ1) is 7.68. The van der Waals surface area contributed by atoms with Crippen LogP contribution in [0.2, 0.25) is 0 Å². The van der Waals surface area contributed by atoms with Crippen molar-refractivity contribution in [1.29, 1.82) is 0 Å². The highest BCUT2D eigenvalue weighted by molar-refractivity contribution is 5.41. The van der Waals surface area contributed by atoms with E-state index in [0.717, 1.165) is 31.6 Å². The highest BCUT2D eigenvalue weighted by Crippen LogP contribution is 2.32. The van der Waals surface area contributed by atoms with E-state index in [9.17, 15) is 10.2 Å². The first-order valence-electron chi connectivity index (χ1n) is 5.53. The fraction of sp³-hybridized carbons (Fsp3) is 0.500. The molecule has 0 amide bonds. The Kier molecular flexibility index (Phi) is 3.31. The second-order valence-corrected chi connectivity index (χ2v) is 4.22. The molecule has 0 aliphatic carbocycles. The van der Waals surface area contributed by atoms with E-state index in [-0.39, 0.29) is 17.5 Å². The van der Waals surface area contributed by atoms with Crippen molar-refractivity contribution in [1.82, 2.24) is 0 Å². The van der Waals surface area contributed by atoms with Gasteiger partial charge in [-0.1, -0.05) is 6.07 Å². The van der Waals surface area contributed by atoms with Gasteiger partial charge in [-0.3, -0.25) is 0 Å². The van der Waals surface area contributed by atoms with Gasteiger partial charge in [-0.05, 0) is 36.5 Å². The largest absolute Gasteiger partial charge is 0.504 e. The summed E-state index contributed by atoms with van der Waals surface area (Å²) < 4.78 is 5.28. The Hall–Kier alpha value is -1.26. The zero-order chi connectivity index (χ0) is 11.5. The summed E-state index contributed by atoms with van der Waals surface area (Å²) >= 11 is 0. The summed E-state index contributed by atoms with van der Waals surface area (Å²) in [5, 5.41) is 18.6. The monoisotopic (exact) mass is 223 g/mol. The summed E-state index contributed by atoms with van der Waals surface area (Å²) in [6.07, 6.45) is 1.89. The molecule has 4 N–H and O–H groups in total. The number of hydrogen-bond donors (Lipinski definition) is 3. The third kappa shape index (κ3) is 2.28. The second kappa shape index (κ2) is 4.72. The van der Waals surface area contributed by atoms with Crippen molar-refractivity contribution in [2.75, 3.05) is 13.2 Å². The standard InChI is InChI=1S/C12H17NO3/c13-12(8-3-5-16-6-4-8)9-1-2-10(14)11(15)7-9/h1-2,7-8,12,14-15H,3-6,13H2/t12-/m1/s1. The summed E-state index contributed by atoms with van der Waals surface area (Å²) in [6.45, 7) is 1.50. The number of aromatic hydroxyl groups is 2. The molecule has 0 saturated carbocycles. The summed E-state index contributed by atoms with van der Waals surface area (Å²) in [7, 11) is 0. The molecule has 0 aromatic heterocycles. The number of rotatable bonds is 2. The Morgan fingerprint density at radius 1 is 1.19 bits per heavy atom. The van der Waals surface area contributed by atoms with Crippen molar-refractivity contribution in [3.63, 3.8) is 0 Å².